The third kappa shape index (κ3) is 2.57. The highest BCUT2D eigenvalue weighted by molar-refractivity contribution is 7.09. The summed E-state index contributed by atoms with van der Waals surface area (Å²) in [6.45, 7) is 0.720. The Bertz CT molecular complexity index is 638. The molecule has 0 radical (unpaired) electrons. The zero-order valence-corrected chi connectivity index (χ0v) is 11.4. The van der Waals surface area contributed by atoms with Crippen LogP contribution < -0.4 is 0 Å². The average Bonchev–Trinajstić information content (AvgIpc) is 2.86. The van der Waals surface area contributed by atoms with Crippen LogP contribution in [0, 0.1) is 5.82 Å². The van der Waals surface area contributed by atoms with Crippen LogP contribution in [0.5, 0.6) is 0 Å². The second-order valence-electron chi connectivity index (χ2n) is 4.76. The van der Waals surface area contributed by atoms with Gasteiger partial charge in [-0.05, 0) is 11.6 Å². The van der Waals surface area contributed by atoms with Crippen LogP contribution in [-0.4, -0.2) is 40.1 Å². The second-order valence-corrected chi connectivity index (χ2v) is 5.70. The normalized spacial score (nSPS) is 15.2. The number of likely N-dealkylation sites (tertiary alicyclic amines) is 1. The van der Waals surface area contributed by atoms with Crippen LogP contribution in [0.4, 0.5) is 4.39 Å². The highest BCUT2D eigenvalue weighted by Crippen LogP contribution is 2.19. The van der Waals surface area contributed by atoms with Gasteiger partial charge >= 0.3 is 0 Å². The van der Waals surface area contributed by atoms with Crippen molar-refractivity contribution in [2.24, 2.45) is 0 Å². The molecule has 0 spiro atoms. The Hall–Kier alpha value is -1.79. The van der Waals surface area contributed by atoms with Gasteiger partial charge < -0.3 is 10.0 Å². The largest absolute Gasteiger partial charge is 0.389 e. The zero-order valence-electron chi connectivity index (χ0n) is 10.6. The quantitative estimate of drug-likeness (QED) is 0.936. The first-order chi connectivity index (χ1) is 9.63. The maximum atomic E-state index is 13.5. The van der Waals surface area contributed by atoms with Gasteiger partial charge in [0.15, 0.2) is 0 Å². The highest BCUT2D eigenvalue weighted by Gasteiger charge is 2.30. The molecule has 1 aromatic heterocycles. The Balaban J connectivity index is 1.71. The van der Waals surface area contributed by atoms with Crippen molar-refractivity contribution in [3.05, 3.63) is 51.7 Å². The minimum absolute atomic E-state index is 0.175. The fraction of sp³-hybridized carbons (Fsp3) is 0.286. The van der Waals surface area contributed by atoms with E-state index in [1.54, 1.807) is 28.5 Å². The lowest BCUT2D eigenvalue weighted by Gasteiger charge is -2.35. The van der Waals surface area contributed by atoms with Crippen molar-refractivity contribution in [1.82, 2.24) is 9.88 Å². The number of aliphatic hydroxyl groups excluding tert-OH is 1. The number of hydrogen-bond donors (Lipinski definition) is 1. The van der Waals surface area contributed by atoms with Crippen LogP contribution in [0.1, 0.15) is 21.1 Å². The van der Waals surface area contributed by atoms with Gasteiger partial charge in [-0.3, -0.25) is 4.79 Å². The van der Waals surface area contributed by atoms with Crippen molar-refractivity contribution in [3.63, 3.8) is 0 Å². The number of carbonyl (C=O) groups is 1. The van der Waals surface area contributed by atoms with Gasteiger partial charge in [0, 0.05) is 24.9 Å². The van der Waals surface area contributed by atoms with E-state index in [-0.39, 0.29) is 11.7 Å². The maximum absolute atomic E-state index is 13.5. The SMILES string of the molecule is O=C(c1csc(Cc2ccccc2F)n1)N1CC(O)C1. The number of hydrogen-bond acceptors (Lipinski definition) is 4. The van der Waals surface area contributed by atoms with E-state index >= 15 is 0 Å². The fourth-order valence-corrected chi connectivity index (χ4v) is 2.87. The molecule has 3 rings (SSSR count). The standard InChI is InChI=1S/C14H13FN2O2S/c15-11-4-2-1-3-9(11)5-13-16-12(8-20-13)14(19)17-6-10(18)7-17/h1-4,8,10,18H,5-7H2. The third-order valence-electron chi connectivity index (χ3n) is 3.22. The molecule has 6 heteroatoms. The third-order valence-corrected chi connectivity index (χ3v) is 4.07. The smallest absolute Gasteiger partial charge is 0.273 e. The first kappa shape index (κ1) is 13.2. The molecule has 1 fully saturated rings. The number of aliphatic hydroxyl groups is 1. The lowest BCUT2D eigenvalue weighted by atomic mass is 10.1. The molecule has 1 aromatic carbocycles. The lowest BCUT2D eigenvalue weighted by molar-refractivity contribution is 0.00555. The second kappa shape index (κ2) is 5.30. The van der Waals surface area contributed by atoms with E-state index in [9.17, 15) is 14.3 Å². The van der Waals surface area contributed by atoms with E-state index in [1.807, 2.05) is 0 Å². The molecular formula is C14H13FN2O2S. The molecule has 1 aliphatic rings. The summed E-state index contributed by atoms with van der Waals surface area (Å²) >= 11 is 1.35. The Labute approximate surface area is 119 Å². The summed E-state index contributed by atoms with van der Waals surface area (Å²) in [6.07, 6.45) is -0.0387. The number of β-amino-alcohol motifs (C(OH)–C–C–N with tert-alkyl or cyclic N) is 1. The van der Waals surface area contributed by atoms with E-state index in [2.05, 4.69) is 4.98 Å². The highest BCUT2D eigenvalue weighted by atomic mass is 32.1. The van der Waals surface area contributed by atoms with Gasteiger partial charge in [0.05, 0.1) is 11.1 Å². The topological polar surface area (TPSA) is 53.4 Å². The maximum Gasteiger partial charge on any atom is 0.273 e. The molecule has 0 unspecified atom stereocenters. The molecule has 0 atom stereocenters. The molecule has 1 N–H and O–H groups in total. The molecule has 104 valence electrons. The number of rotatable bonds is 3. The molecule has 2 heterocycles. The minimum Gasteiger partial charge on any atom is -0.389 e. The van der Waals surface area contributed by atoms with Crippen molar-refractivity contribution in [1.29, 1.82) is 0 Å². The Morgan fingerprint density at radius 1 is 1.45 bits per heavy atom. The molecule has 0 bridgehead atoms. The van der Waals surface area contributed by atoms with Crippen LogP contribution in [0.3, 0.4) is 0 Å². The van der Waals surface area contributed by atoms with E-state index < -0.39 is 6.10 Å². The summed E-state index contributed by atoms with van der Waals surface area (Å²) in [4.78, 5) is 17.8. The van der Waals surface area contributed by atoms with Crippen LogP contribution in [0.2, 0.25) is 0 Å². The van der Waals surface area contributed by atoms with Crippen LogP contribution in [-0.2, 0) is 6.42 Å². The molecule has 1 saturated heterocycles. The summed E-state index contributed by atoms with van der Waals surface area (Å²) in [7, 11) is 0. The van der Waals surface area contributed by atoms with Crippen LogP contribution in [0.15, 0.2) is 29.6 Å². The van der Waals surface area contributed by atoms with Gasteiger partial charge in [-0.2, -0.15) is 0 Å². The first-order valence-electron chi connectivity index (χ1n) is 6.28. The molecule has 20 heavy (non-hydrogen) atoms. The van der Waals surface area contributed by atoms with Crippen molar-refractivity contribution < 1.29 is 14.3 Å². The number of benzene rings is 1. The molecule has 4 nitrogen and oxygen atoms in total. The number of amides is 1. The Morgan fingerprint density at radius 2 is 2.20 bits per heavy atom. The van der Waals surface area contributed by atoms with Crippen LogP contribution in [0.25, 0.3) is 0 Å². The number of thiazole rings is 1. The molecule has 1 aliphatic heterocycles. The zero-order chi connectivity index (χ0) is 14.1. The number of halogens is 1. The molecule has 2 aromatic rings. The number of carbonyl (C=O) groups excluding carboxylic acids is 1. The van der Waals surface area contributed by atoms with Gasteiger partial charge in [0.25, 0.3) is 5.91 Å². The molecule has 1 amide bonds. The van der Waals surface area contributed by atoms with E-state index in [4.69, 9.17) is 0 Å². The number of nitrogens with zero attached hydrogens (tertiary/aromatic N) is 2. The van der Waals surface area contributed by atoms with Crippen molar-refractivity contribution in [2.75, 3.05) is 13.1 Å². The van der Waals surface area contributed by atoms with Crippen molar-refractivity contribution in [2.45, 2.75) is 12.5 Å². The Morgan fingerprint density at radius 3 is 2.90 bits per heavy atom. The lowest BCUT2D eigenvalue weighted by Crippen LogP contribution is -2.53. The Kier molecular flexibility index (Phi) is 3.50. The molecule has 0 aliphatic carbocycles. The van der Waals surface area contributed by atoms with E-state index in [0.29, 0.717) is 35.8 Å². The van der Waals surface area contributed by atoms with Gasteiger partial charge in [0.1, 0.15) is 11.5 Å². The monoisotopic (exact) mass is 292 g/mol. The number of aromatic nitrogens is 1. The fourth-order valence-electron chi connectivity index (χ4n) is 2.08. The van der Waals surface area contributed by atoms with E-state index in [1.165, 1.54) is 17.4 Å². The van der Waals surface area contributed by atoms with Crippen molar-refractivity contribution in [3.8, 4) is 0 Å². The van der Waals surface area contributed by atoms with Crippen molar-refractivity contribution >= 4 is 17.2 Å². The first-order valence-corrected chi connectivity index (χ1v) is 7.16. The predicted octanol–water partition coefficient (Wildman–Crippen LogP) is 1.69. The summed E-state index contributed by atoms with van der Waals surface area (Å²) < 4.78 is 13.5. The van der Waals surface area contributed by atoms with Gasteiger partial charge in [-0.15, -0.1) is 11.3 Å². The predicted molar refractivity (Wildman–Crippen MR) is 73.2 cm³/mol. The van der Waals surface area contributed by atoms with Gasteiger partial charge in [-0.25, -0.2) is 9.37 Å². The van der Waals surface area contributed by atoms with E-state index in [0.717, 1.165) is 0 Å². The average molecular weight is 292 g/mol. The summed E-state index contributed by atoms with van der Waals surface area (Å²) in [5.74, 6) is -0.437. The molecular weight excluding hydrogens is 279 g/mol. The summed E-state index contributed by atoms with van der Waals surface area (Å²) in [5, 5.41) is 11.6. The minimum atomic E-state index is -0.421. The summed E-state index contributed by atoms with van der Waals surface area (Å²) in [6, 6.07) is 6.55. The van der Waals surface area contributed by atoms with Gasteiger partial charge in [0.2, 0.25) is 0 Å². The van der Waals surface area contributed by atoms with Crippen LogP contribution >= 0.6 is 11.3 Å². The molecule has 0 saturated carbocycles. The van der Waals surface area contributed by atoms with Gasteiger partial charge in [-0.1, -0.05) is 18.2 Å². The summed E-state index contributed by atoms with van der Waals surface area (Å²) in [5.41, 5.74) is 0.938.